The minimum atomic E-state index is -4.86. The third-order valence-corrected chi connectivity index (χ3v) is 8.10. The molecule has 44 heavy (non-hydrogen) atoms. The maximum atomic E-state index is 15.1. The highest BCUT2D eigenvalue weighted by molar-refractivity contribution is 7.52. The summed E-state index contributed by atoms with van der Waals surface area (Å²) in [4.78, 5) is 43.6. The molecule has 236 valence electrons. The van der Waals surface area contributed by atoms with E-state index in [2.05, 4.69) is 29.9 Å². The molecule has 0 amide bonds. The number of aromatic nitrogens is 8. The van der Waals surface area contributed by atoms with E-state index in [0.717, 1.165) is 17.2 Å². The molecule has 0 saturated carbocycles. The molecule has 4 aromatic rings. The van der Waals surface area contributed by atoms with Crippen molar-refractivity contribution in [3.05, 3.63) is 25.3 Å². The van der Waals surface area contributed by atoms with E-state index >= 15 is 4.39 Å². The first-order chi connectivity index (χ1) is 20.9. The fourth-order valence-electron chi connectivity index (χ4n) is 4.70. The van der Waals surface area contributed by atoms with E-state index in [-0.39, 0.29) is 34.0 Å². The number of hydrogen-bond acceptors (Lipinski definition) is 17. The van der Waals surface area contributed by atoms with Crippen molar-refractivity contribution in [3.63, 3.8) is 0 Å². The molecular formula is C20H24FN10O11P2+. The molecule has 0 spiro atoms. The number of alkyl halides is 1. The molecule has 2 aliphatic rings. The number of fused-ring (bicyclic) bond motifs is 2. The van der Waals surface area contributed by atoms with Crippen molar-refractivity contribution in [2.75, 3.05) is 24.2 Å². The molecule has 4 aromatic heterocycles. The van der Waals surface area contributed by atoms with Crippen molar-refractivity contribution in [3.8, 4) is 0 Å². The number of halogens is 1. The highest BCUT2D eigenvalue weighted by Crippen LogP contribution is 2.49. The lowest BCUT2D eigenvalue weighted by molar-refractivity contribution is -0.168. The number of anilines is 2. The van der Waals surface area contributed by atoms with Gasteiger partial charge in [-0.05, 0) is 4.57 Å². The summed E-state index contributed by atoms with van der Waals surface area (Å²) in [7, 11) is -7.65. The predicted octanol–water partition coefficient (Wildman–Crippen LogP) is -1.15. The second-order valence-corrected chi connectivity index (χ2v) is 12.2. The number of nitrogens with zero attached hydrogens (tertiary/aromatic N) is 8. The predicted molar refractivity (Wildman–Crippen MR) is 141 cm³/mol. The van der Waals surface area contributed by atoms with Crippen molar-refractivity contribution in [1.29, 1.82) is 0 Å². The Labute approximate surface area is 244 Å². The van der Waals surface area contributed by atoms with E-state index in [1.807, 2.05) is 0 Å². The molecule has 24 heteroatoms. The van der Waals surface area contributed by atoms with E-state index in [1.165, 1.54) is 17.2 Å². The van der Waals surface area contributed by atoms with Crippen LogP contribution < -0.4 is 11.5 Å². The summed E-state index contributed by atoms with van der Waals surface area (Å²) in [5, 5.41) is 21.3. The molecule has 6 heterocycles. The topological polar surface area (TPSA) is 300 Å². The van der Waals surface area contributed by atoms with Crippen molar-refractivity contribution in [2.24, 2.45) is 0 Å². The molecular weight excluding hydrogens is 637 g/mol. The average molecular weight is 661 g/mol. The Morgan fingerprint density at radius 3 is 2.05 bits per heavy atom. The van der Waals surface area contributed by atoms with Gasteiger partial charge in [0.1, 0.15) is 42.0 Å². The number of aliphatic hydroxyl groups excluding tert-OH is 2. The lowest BCUT2D eigenvalue weighted by atomic mass is 10.2. The minimum absolute atomic E-state index is 0.00951. The lowest BCUT2D eigenvalue weighted by Crippen LogP contribution is -2.35. The molecule has 0 aromatic carbocycles. The van der Waals surface area contributed by atoms with Crippen molar-refractivity contribution in [2.45, 2.75) is 49.5 Å². The van der Waals surface area contributed by atoms with Crippen LogP contribution in [0.5, 0.6) is 0 Å². The van der Waals surface area contributed by atoms with Gasteiger partial charge in [-0.15, -0.1) is 0 Å². The summed E-state index contributed by atoms with van der Waals surface area (Å²) in [6.07, 6.45) is -11.0. The number of nitrogens with two attached hydrogens (primary N) is 2. The Morgan fingerprint density at radius 1 is 0.909 bits per heavy atom. The zero-order valence-corrected chi connectivity index (χ0v) is 23.8. The van der Waals surface area contributed by atoms with Gasteiger partial charge in [0.05, 0.1) is 12.7 Å². The molecule has 2 unspecified atom stereocenters. The number of hydrogen-bond donors (Lipinski definition) is 6. The Bertz CT molecular complexity index is 1750. The molecule has 10 atom stereocenters. The summed E-state index contributed by atoms with van der Waals surface area (Å²) >= 11 is 0. The molecule has 0 bridgehead atoms. The van der Waals surface area contributed by atoms with E-state index < -0.39 is 77.8 Å². The number of aliphatic hydroxyl groups is 2. The van der Waals surface area contributed by atoms with Crippen LogP contribution in [0.15, 0.2) is 25.3 Å². The van der Waals surface area contributed by atoms with Gasteiger partial charge in [0, 0.05) is 0 Å². The number of rotatable bonds is 10. The maximum Gasteiger partial charge on any atom is 0.534 e. The third kappa shape index (κ3) is 5.61. The normalized spacial score (nSPS) is 30.7. The Hall–Kier alpha value is -3.40. The van der Waals surface area contributed by atoms with Crippen LogP contribution in [0, 0.1) is 0 Å². The second kappa shape index (κ2) is 11.8. The SMILES string of the molecule is Nc1ncnc2c1ncn2[C@@H]1O[C@H](OCP(=O)(O)O[C@H]2[C@@H](O)[C@@H](OC[P+](=O)O)O[C@H]2n2cnc3c(N)ncnc32)[C@H](O)[C@@H]1F. The van der Waals surface area contributed by atoms with Crippen molar-refractivity contribution in [1.82, 2.24) is 39.0 Å². The van der Waals surface area contributed by atoms with Gasteiger partial charge in [-0.3, -0.25) is 18.2 Å². The van der Waals surface area contributed by atoms with E-state index in [1.54, 1.807) is 0 Å². The Morgan fingerprint density at radius 2 is 1.45 bits per heavy atom. The maximum absolute atomic E-state index is 15.1. The summed E-state index contributed by atoms with van der Waals surface area (Å²) in [5.74, 6) is 0.0398. The molecule has 2 fully saturated rings. The molecule has 8 N–H and O–H groups in total. The summed E-state index contributed by atoms with van der Waals surface area (Å²) < 4.78 is 68.7. The van der Waals surface area contributed by atoms with Gasteiger partial charge < -0.3 is 45.5 Å². The summed E-state index contributed by atoms with van der Waals surface area (Å²) in [5.41, 5.74) is 12.1. The minimum Gasteiger partial charge on any atom is -0.385 e. The summed E-state index contributed by atoms with van der Waals surface area (Å²) in [6.45, 7) is 0. The monoisotopic (exact) mass is 661 g/mol. The van der Waals surface area contributed by atoms with Crippen LogP contribution in [-0.2, 0) is 32.6 Å². The number of ether oxygens (including phenoxy) is 4. The van der Waals surface area contributed by atoms with E-state index in [9.17, 15) is 24.2 Å². The molecule has 0 radical (unpaired) electrons. The highest BCUT2D eigenvalue weighted by Gasteiger charge is 2.52. The van der Waals surface area contributed by atoms with Crippen LogP contribution in [-0.4, -0.2) is 109 Å². The summed E-state index contributed by atoms with van der Waals surface area (Å²) in [6, 6.07) is 0. The molecule has 21 nitrogen and oxygen atoms in total. The van der Waals surface area contributed by atoms with Gasteiger partial charge in [0.25, 0.3) is 6.35 Å². The fourth-order valence-corrected chi connectivity index (χ4v) is 5.98. The van der Waals surface area contributed by atoms with E-state index in [4.69, 9.17) is 39.8 Å². The first-order valence-corrected chi connectivity index (χ1v) is 15.7. The molecule has 0 aliphatic carbocycles. The van der Waals surface area contributed by atoms with Gasteiger partial charge in [0.2, 0.25) is 0 Å². The lowest BCUT2D eigenvalue weighted by Gasteiger charge is -2.25. The van der Waals surface area contributed by atoms with Gasteiger partial charge in [-0.2, -0.15) is 4.89 Å². The first-order valence-electron chi connectivity index (χ1n) is 12.5. The van der Waals surface area contributed by atoms with Crippen molar-refractivity contribution < 1.29 is 57.0 Å². The quantitative estimate of drug-likeness (QED) is 0.109. The van der Waals surface area contributed by atoms with Crippen molar-refractivity contribution >= 4 is 49.6 Å². The van der Waals surface area contributed by atoms with Crippen LogP contribution in [0.1, 0.15) is 12.5 Å². The standard InChI is InChI=1S/C20H23FN10O11P2/c21-7-10(32)19(40-17(7)30-3-28-8-13(22)24-1-26-15(8)30)39-6-44(36,37)42-12-11(33)20(38-5-43(34)35)41-18(12)31-4-29-9-14(23)25-2-27-16(9)31/h1-4,7,10-12,17-20,32-33H,5-6H2,(H5-,22,23,24,25,26,27,34,35,36,37)/p+1/t7-,10+,11+,12-,17+,18+,19-,20-/m0/s1. The van der Waals surface area contributed by atoms with Crippen LogP contribution in [0.2, 0.25) is 0 Å². The highest BCUT2D eigenvalue weighted by atomic mass is 31.2. The van der Waals surface area contributed by atoms with Gasteiger partial charge in [-0.1, -0.05) is 0 Å². The van der Waals surface area contributed by atoms with Crippen LogP contribution in [0.3, 0.4) is 0 Å². The Kier molecular flexibility index (Phi) is 8.24. The number of nitrogen functional groups attached to an aromatic ring is 2. The molecule has 2 aliphatic heterocycles. The van der Waals surface area contributed by atoms with Crippen LogP contribution >= 0.6 is 15.6 Å². The largest absolute Gasteiger partial charge is 0.534 e. The zero-order valence-electron chi connectivity index (χ0n) is 22.0. The number of imidazole rings is 2. The van der Waals surface area contributed by atoms with Crippen LogP contribution in [0.4, 0.5) is 16.0 Å². The van der Waals surface area contributed by atoms with Gasteiger partial charge in [0.15, 0.2) is 60.5 Å². The first kappa shape index (κ1) is 30.6. The van der Waals surface area contributed by atoms with Gasteiger partial charge >= 0.3 is 15.6 Å². The Balaban J connectivity index is 1.19. The zero-order chi connectivity index (χ0) is 31.3. The van der Waals surface area contributed by atoms with Crippen LogP contribution in [0.25, 0.3) is 22.3 Å². The fraction of sp³-hybridized carbons (Fsp3) is 0.500. The third-order valence-electron chi connectivity index (χ3n) is 6.68. The molecule has 6 rings (SSSR count). The second-order valence-electron chi connectivity index (χ2n) is 9.53. The smallest absolute Gasteiger partial charge is 0.385 e. The average Bonchev–Trinajstić information content (AvgIpc) is 3.73. The van der Waals surface area contributed by atoms with Gasteiger partial charge in [-0.25, -0.2) is 34.3 Å². The molecule has 2 saturated heterocycles. The van der Waals surface area contributed by atoms with E-state index in [0.29, 0.717) is 0 Å².